The molecule has 2 aliphatic rings. The Balaban J connectivity index is 1.46. The molecule has 196 valence electrons. The summed E-state index contributed by atoms with van der Waals surface area (Å²) < 4.78 is 26.8. The summed E-state index contributed by atoms with van der Waals surface area (Å²) in [4.78, 5) is 43.6. The fourth-order valence-electron chi connectivity index (χ4n) is 4.97. The Labute approximate surface area is 219 Å². The average Bonchev–Trinajstić information content (AvgIpc) is 2.91. The second-order valence-electron chi connectivity index (χ2n) is 9.39. The third kappa shape index (κ3) is 5.08. The smallest absolute Gasteiger partial charge is 0.333 e. The van der Waals surface area contributed by atoms with E-state index in [9.17, 15) is 23.2 Å². The summed E-state index contributed by atoms with van der Waals surface area (Å²) in [6.45, 7) is 0.328. The second-order valence-corrected chi connectivity index (χ2v) is 9.39. The highest BCUT2D eigenvalue weighted by atomic mass is 19.1. The maximum Gasteiger partial charge on any atom is 0.334 e. The molecule has 2 saturated heterocycles. The molecule has 0 saturated carbocycles. The number of halogens is 2. The number of hydrazine groups is 1. The van der Waals surface area contributed by atoms with E-state index in [2.05, 4.69) is 5.32 Å². The van der Waals surface area contributed by atoms with Gasteiger partial charge in [-0.15, -0.1) is 0 Å². The van der Waals surface area contributed by atoms with E-state index < -0.39 is 18.2 Å². The summed E-state index contributed by atoms with van der Waals surface area (Å²) in [5, 5.41) is 5.83. The first-order chi connectivity index (χ1) is 18.3. The van der Waals surface area contributed by atoms with Crippen LogP contribution in [0.4, 0.5) is 13.6 Å². The van der Waals surface area contributed by atoms with Gasteiger partial charge in [0, 0.05) is 20.1 Å². The number of rotatable bonds is 5. The first-order valence-electron chi connectivity index (χ1n) is 12.2. The van der Waals surface area contributed by atoms with Crippen LogP contribution in [0.25, 0.3) is 0 Å². The van der Waals surface area contributed by atoms with Gasteiger partial charge >= 0.3 is 6.03 Å². The van der Waals surface area contributed by atoms with Crippen molar-refractivity contribution >= 4 is 17.8 Å². The van der Waals surface area contributed by atoms with Gasteiger partial charge in [0.2, 0.25) is 5.91 Å². The van der Waals surface area contributed by atoms with Crippen LogP contribution in [0, 0.1) is 11.6 Å². The molecule has 2 fully saturated rings. The van der Waals surface area contributed by atoms with Gasteiger partial charge in [-0.05, 0) is 41.0 Å². The summed E-state index contributed by atoms with van der Waals surface area (Å²) >= 11 is 0. The molecule has 10 heteroatoms. The molecule has 2 atom stereocenters. The van der Waals surface area contributed by atoms with Crippen LogP contribution in [0.2, 0.25) is 0 Å². The van der Waals surface area contributed by atoms with E-state index in [-0.39, 0.29) is 49.6 Å². The van der Waals surface area contributed by atoms with Crippen LogP contribution in [-0.2, 0) is 22.7 Å². The molecule has 0 spiro atoms. The summed E-state index contributed by atoms with van der Waals surface area (Å²) in [6.07, 6.45) is -0.780. The van der Waals surface area contributed by atoms with Crippen molar-refractivity contribution in [3.8, 4) is 0 Å². The van der Waals surface area contributed by atoms with E-state index in [1.54, 1.807) is 60.5 Å². The lowest BCUT2D eigenvalue weighted by molar-refractivity contribution is -0.188. The van der Waals surface area contributed by atoms with Gasteiger partial charge in [-0.3, -0.25) is 9.59 Å². The molecule has 4 amide bonds. The molecular formula is C28H27F2N5O3. The summed E-state index contributed by atoms with van der Waals surface area (Å²) in [5.41, 5.74) is 2.07. The molecule has 0 aromatic heterocycles. The zero-order chi connectivity index (χ0) is 26.8. The largest absolute Gasteiger partial charge is 0.334 e. The van der Waals surface area contributed by atoms with E-state index in [0.717, 1.165) is 5.56 Å². The van der Waals surface area contributed by atoms with Crippen LogP contribution in [0.15, 0.2) is 78.9 Å². The minimum Gasteiger partial charge on any atom is -0.333 e. The van der Waals surface area contributed by atoms with Gasteiger partial charge in [0.15, 0.2) is 0 Å². The number of benzene rings is 3. The van der Waals surface area contributed by atoms with Crippen LogP contribution < -0.4 is 5.32 Å². The molecule has 1 N–H and O–H groups in total. The molecule has 38 heavy (non-hydrogen) atoms. The van der Waals surface area contributed by atoms with Crippen LogP contribution in [0.1, 0.15) is 22.7 Å². The van der Waals surface area contributed by atoms with Crippen molar-refractivity contribution in [3.63, 3.8) is 0 Å². The first kappa shape index (κ1) is 25.3. The number of nitrogens with one attached hydrogen (secondary N) is 1. The molecule has 0 bridgehead atoms. The van der Waals surface area contributed by atoms with Gasteiger partial charge in [0.05, 0.1) is 13.1 Å². The lowest BCUT2D eigenvalue weighted by atomic mass is 9.98. The third-order valence-electron chi connectivity index (χ3n) is 6.80. The topological polar surface area (TPSA) is 76.2 Å². The molecule has 3 aromatic rings. The number of amides is 4. The number of hydrogen-bond donors (Lipinski definition) is 1. The molecule has 0 aliphatic carbocycles. The maximum absolute atomic E-state index is 13.8. The Hall–Kier alpha value is -4.31. The van der Waals surface area contributed by atoms with Gasteiger partial charge in [-0.1, -0.05) is 54.6 Å². The Morgan fingerprint density at radius 1 is 0.895 bits per heavy atom. The number of likely N-dealkylation sites (N-methyl/N-ethyl adjacent to an activating group) is 1. The number of hydrogen-bond acceptors (Lipinski definition) is 4. The maximum atomic E-state index is 13.8. The normalized spacial score (nSPS) is 19.9. The number of fused-ring (bicyclic) bond motifs is 1. The highest BCUT2D eigenvalue weighted by Crippen LogP contribution is 2.35. The van der Waals surface area contributed by atoms with E-state index in [0.29, 0.717) is 11.1 Å². The van der Waals surface area contributed by atoms with Crippen molar-refractivity contribution in [2.24, 2.45) is 0 Å². The van der Waals surface area contributed by atoms with E-state index >= 15 is 0 Å². The average molecular weight is 520 g/mol. The van der Waals surface area contributed by atoms with Gasteiger partial charge in [-0.25, -0.2) is 23.6 Å². The highest BCUT2D eigenvalue weighted by Gasteiger charge is 2.51. The molecule has 5 rings (SSSR count). The van der Waals surface area contributed by atoms with Crippen molar-refractivity contribution in [2.75, 3.05) is 20.1 Å². The van der Waals surface area contributed by atoms with Crippen molar-refractivity contribution in [1.29, 1.82) is 0 Å². The molecule has 2 heterocycles. The second kappa shape index (κ2) is 10.6. The fourth-order valence-corrected chi connectivity index (χ4v) is 4.97. The van der Waals surface area contributed by atoms with E-state index in [1.165, 1.54) is 39.2 Å². The Morgan fingerprint density at radius 3 is 2.13 bits per heavy atom. The number of carbonyl (C=O) groups is 3. The third-order valence-corrected chi connectivity index (χ3v) is 6.80. The molecule has 0 radical (unpaired) electrons. The van der Waals surface area contributed by atoms with Crippen molar-refractivity contribution in [1.82, 2.24) is 25.1 Å². The minimum absolute atomic E-state index is 0.0690. The highest BCUT2D eigenvalue weighted by molar-refractivity contribution is 5.92. The monoisotopic (exact) mass is 519 g/mol. The van der Waals surface area contributed by atoms with Crippen LogP contribution in [-0.4, -0.2) is 64.0 Å². The van der Waals surface area contributed by atoms with Crippen molar-refractivity contribution in [2.45, 2.75) is 25.3 Å². The van der Waals surface area contributed by atoms with Crippen LogP contribution in [0.3, 0.4) is 0 Å². The quantitative estimate of drug-likeness (QED) is 0.562. The lowest BCUT2D eigenvalue weighted by Gasteiger charge is -2.54. The van der Waals surface area contributed by atoms with E-state index in [4.69, 9.17) is 0 Å². The van der Waals surface area contributed by atoms with Gasteiger partial charge in [0.25, 0.3) is 5.91 Å². The van der Waals surface area contributed by atoms with Gasteiger partial charge in [0.1, 0.15) is 23.8 Å². The molecular weight excluding hydrogens is 492 g/mol. The minimum atomic E-state index is -0.927. The zero-order valence-corrected chi connectivity index (χ0v) is 20.8. The first-order valence-corrected chi connectivity index (χ1v) is 12.2. The molecule has 2 aliphatic heterocycles. The predicted octanol–water partition coefficient (Wildman–Crippen LogP) is 3.28. The predicted molar refractivity (Wildman–Crippen MR) is 135 cm³/mol. The van der Waals surface area contributed by atoms with Crippen molar-refractivity contribution < 1.29 is 23.2 Å². The number of nitrogens with zero attached hydrogens (tertiary/aromatic N) is 4. The standard InChI is InChI=1S/C28H27F2N5O3/c1-32-18-25(36)34-24(35(32)28(38)31-15-19-7-11-22(29)12-8-19)17-33(16-20-9-13-23(30)14-10-20)27(37)26(34)21-5-3-2-4-6-21/h2-14,24,26H,15-18H2,1H3,(H,31,38)/t24-,26-/m0/s1. The number of urea groups is 1. The van der Waals surface area contributed by atoms with E-state index in [1.807, 2.05) is 6.07 Å². The summed E-state index contributed by atoms with van der Waals surface area (Å²) in [6, 6.07) is 19.3. The summed E-state index contributed by atoms with van der Waals surface area (Å²) in [5.74, 6) is -1.30. The summed E-state index contributed by atoms with van der Waals surface area (Å²) in [7, 11) is 1.64. The molecule has 0 unspecified atom stereocenters. The Bertz CT molecular complexity index is 1320. The van der Waals surface area contributed by atoms with Gasteiger partial charge < -0.3 is 15.1 Å². The number of piperazine rings is 1. The Kier molecular flexibility index (Phi) is 7.06. The van der Waals surface area contributed by atoms with Crippen LogP contribution in [0.5, 0.6) is 0 Å². The Morgan fingerprint density at radius 2 is 1.50 bits per heavy atom. The van der Waals surface area contributed by atoms with Crippen molar-refractivity contribution in [3.05, 3.63) is 107 Å². The number of carbonyl (C=O) groups excluding carboxylic acids is 3. The lowest BCUT2D eigenvalue weighted by Crippen LogP contribution is -2.73. The fraction of sp³-hybridized carbons (Fsp3) is 0.250. The zero-order valence-electron chi connectivity index (χ0n) is 20.8. The molecule has 3 aromatic carbocycles. The van der Waals surface area contributed by atoms with Gasteiger partial charge in [-0.2, -0.15) is 0 Å². The molecule has 8 nitrogen and oxygen atoms in total. The van der Waals surface area contributed by atoms with Crippen LogP contribution >= 0.6 is 0 Å². The SMILES string of the molecule is CN1CC(=O)N2[C@@H](c3ccccc3)C(=O)N(Cc3ccc(F)cc3)C[C@@H]2N1C(=O)NCc1ccc(F)cc1.